The first-order chi connectivity index (χ1) is 6.97. The molecule has 1 rings (SSSR count). The van der Waals surface area contributed by atoms with Crippen LogP contribution < -0.4 is 5.32 Å². The van der Waals surface area contributed by atoms with Crippen molar-refractivity contribution in [3.8, 4) is 0 Å². The molecule has 3 heteroatoms. The number of amides is 1. The van der Waals surface area contributed by atoms with Crippen LogP contribution in [-0.4, -0.2) is 18.2 Å². The minimum atomic E-state index is -0.430. The molecule has 0 bridgehead atoms. The van der Waals surface area contributed by atoms with Crippen molar-refractivity contribution < 1.29 is 9.53 Å². The van der Waals surface area contributed by atoms with E-state index in [4.69, 9.17) is 4.74 Å². The maximum atomic E-state index is 11.3. The van der Waals surface area contributed by atoms with Gasteiger partial charge in [-0.3, -0.25) is 0 Å². The second-order valence-corrected chi connectivity index (χ2v) is 4.61. The fourth-order valence-corrected chi connectivity index (χ4v) is 1.29. The fourth-order valence-electron chi connectivity index (χ4n) is 1.29. The zero-order chi connectivity index (χ0) is 11.3. The molecule has 84 valence electrons. The number of allylic oxidation sites excluding steroid dienone is 2. The van der Waals surface area contributed by atoms with E-state index in [9.17, 15) is 4.79 Å². The monoisotopic (exact) mass is 209 g/mol. The highest BCUT2D eigenvalue weighted by Crippen LogP contribution is 2.09. The molecule has 1 aliphatic carbocycles. The van der Waals surface area contributed by atoms with Crippen molar-refractivity contribution in [1.29, 1.82) is 0 Å². The number of hydrogen-bond acceptors (Lipinski definition) is 2. The third kappa shape index (κ3) is 5.25. The van der Waals surface area contributed by atoms with Crippen LogP contribution in [0.15, 0.2) is 23.8 Å². The molecule has 0 aromatic heterocycles. The van der Waals surface area contributed by atoms with Crippen LogP contribution >= 0.6 is 0 Å². The van der Waals surface area contributed by atoms with Crippen molar-refractivity contribution in [2.45, 2.75) is 39.2 Å². The fraction of sp³-hybridized carbons (Fsp3) is 0.583. The lowest BCUT2D eigenvalue weighted by Gasteiger charge is -2.20. The Kier molecular flexibility index (Phi) is 3.95. The van der Waals surface area contributed by atoms with Crippen LogP contribution in [0.25, 0.3) is 0 Å². The number of ether oxygens (including phenoxy) is 1. The lowest BCUT2D eigenvalue weighted by atomic mass is 10.1. The first-order valence-corrected chi connectivity index (χ1v) is 5.30. The average molecular weight is 209 g/mol. The van der Waals surface area contributed by atoms with E-state index in [2.05, 4.69) is 17.5 Å². The zero-order valence-electron chi connectivity index (χ0n) is 9.67. The van der Waals surface area contributed by atoms with Gasteiger partial charge in [0.2, 0.25) is 0 Å². The van der Waals surface area contributed by atoms with Gasteiger partial charge in [-0.25, -0.2) is 4.79 Å². The van der Waals surface area contributed by atoms with E-state index >= 15 is 0 Å². The first-order valence-electron chi connectivity index (χ1n) is 5.30. The van der Waals surface area contributed by atoms with Crippen LogP contribution in [-0.2, 0) is 4.74 Å². The Hall–Kier alpha value is -1.25. The number of alkyl carbamates (subject to hydrolysis) is 1. The number of hydrogen-bond donors (Lipinski definition) is 1. The third-order valence-corrected chi connectivity index (χ3v) is 1.91. The molecule has 0 aromatic rings. The Morgan fingerprint density at radius 3 is 2.73 bits per heavy atom. The summed E-state index contributed by atoms with van der Waals surface area (Å²) >= 11 is 0. The van der Waals surface area contributed by atoms with E-state index in [0.29, 0.717) is 6.54 Å². The van der Waals surface area contributed by atoms with Crippen LogP contribution in [0.5, 0.6) is 0 Å². The summed E-state index contributed by atoms with van der Waals surface area (Å²) in [5.41, 5.74) is 0.716. The second-order valence-electron chi connectivity index (χ2n) is 4.61. The van der Waals surface area contributed by atoms with Crippen molar-refractivity contribution in [3.05, 3.63) is 23.8 Å². The van der Waals surface area contributed by atoms with Crippen LogP contribution in [0, 0.1) is 0 Å². The Balaban J connectivity index is 2.28. The zero-order valence-corrected chi connectivity index (χ0v) is 9.67. The van der Waals surface area contributed by atoms with Crippen molar-refractivity contribution in [1.82, 2.24) is 5.32 Å². The molecule has 1 N–H and O–H groups in total. The van der Waals surface area contributed by atoms with Gasteiger partial charge in [-0.15, -0.1) is 0 Å². The molecule has 0 radical (unpaired) electrons. The average Bonchev–Trinajstić information content (AvgIpc) is 2.14. The van der Waals surface area contributed by atoms with Gasteiger partial charge in [0.15, 0.2) is 0 Å². The minimum Gasteiger partial charge on any atom is -0.444 e. The number of carbonyl (C=O) groups excluding carboxylic acids is 1. The lowest BCUT2D eigenvalue weighted by Crippen LogP contribution is -2.33. The summed E-state index contributed by atoms with van der Waals surface area (Å²) in [4.78, 5) is 11.3. The van der Waals surface area contributed by atoms with Gasteiger partial charge in [-0.1, -0.05) is 18.2 Å². The maximum absolute atomic E-state index is 11.3. The highest BCUT2D eigenvalue weighted by molar-refractivity contribution is 5.68. The molecule has 0 saturated carbocycles. The van der Waals surface area contributed by atoms with E-state index in [1.54, 1.807) is 0 Å². The molecule has 0 atom stereocenters. The largest absolute Gasteiger partial charge is 0.444 e. The lowest BCUT2D eigenvalue weighted by molar-refractivity contribution is 0.0533. The minimum absolute atomic E-state index is 0.359. The van der Waals surface area contributed by atoms with Gasteiger partial charge in [0.1, 0.15) is 5.60 Å². The van der Waals surface area contributed by atoms with Crippen LogP contribution in [0.3, 0.4) is 0 Å². The third-order valence-electron chi connectivity index (χ3n) is 1.91. The van der Waals surface area contributed by atoms with Gasteiger partial charge in [0.05, 0.1) is 0 Å². The van der Waals surface area contributed by atoms with E-state index < -0.39 is 5.60 Å². The van der Waals surface area contributed by atoms with Gasteiger partial charge >= 0.3 is 6.09 Å². The highest BCUT2D eigenvalue weighted by atomic mass is 16.6. The summed E-state index contributed by atoms with van der Waals surface area (Å²) < 4.78 is 5.13. The Morgan fingerprint density at radius 1 is 1.47 bits per heavy atom. The molecule has 0 aliphatic heterocycles. The molecule has 0 unspecified atom stereocenters. The number of rotatable bonds is 2. The SMILES string of the molecule is CC(C)(C)OC(=O)NCC1=CCCC=C1. The summed E-state index contributed by atoms with van der Waals surface area (Å²) in [6.45, 7) is 6.11. The Bertz CT molecular complexity index is 284. The summed E-state index contributed by atoms with van der Waals surface area (Å²) in [6, 6.07) is 0. The molecule has 0 heterocycles. The highest BCUT2D eigenvalue weighted by Gasteiger charge is 2.15. The molecule has 0 saturated heterocycles. The van der Waals surface area contributed by atoms with Crippen molar-refractivity contribution >= 4 is 6.09 Å². The second kappa shape index (κ2) is 5.01. The quantitative estimate of drug-likeness (QED) is 0.759. The first kappa shape index (κ1) is 11.8. The van der Waals surface area contributed by atoms with E-state index in [1.807, 2.05) is 26.8 Å². The van der Waals surface area contributed by atoms with Gasteiger partial charge in [0.25, 0.3) is 0 Å². The normalized spacial score (nSPS) is 15.8. The van der Waals surface area contributed by atoms with Gasteiger partial charge in [-0.05, 0) is 39.2 Å². The van der Waals surface area contributed by atoms with Crippen LogP contribution in [0.4, 0.5) is 4.79 Å². The van der Waals surface area contributed by atoms with Gasteiger partial charge < -0.3 is 10.1 Å². The Labute approximate surface area is 91.2 Å². The van der Waals surface area contributed by atoms with Gasteiger partial charge in [0, 0.05) is 6.54 Å². The van der Waals surface area contributed by atoms with Crippen molar-refractivity contribution in [2.75, 3.05) is 6.54 Å². The van der Waals surface area contributed by atoms with Crippen LogP contribution in [0.2, 0.25) is 0 Å². The topological polar surface area (TPSA) is 38.3 Å². The van der Waals surface area contributed by atoms with Crippen molar-refractivity contribution in [3.63, 3.8) is 0 Å². The molecule has 0 spiro atoms. The molecular weight excluding hydrogens is 190 g/mol. The predicted molar refractivity (Wildman–Crippen MR) is 60.7 cm³/mol. The molecule has 15 heavy (non-hydrogen) atoms. The smallest absolute Gasteiger partial charge is 0.407 e. The maximum Gasteiger partial charge on any atom is 0.407 e. The summed E-state index contributed by atoms with van der Waals surface area (Å²) in [7, 11) is 0. The van der Waals surface area contributed by atoms with Gasteiger partial charge in [-0.2, -0.15) is 0 Å². The predicted octanol–water partition coefficient (Wildman–Crippen LogP) is 2.79. The molecular formula is C12H19NO2. The molecule has 1 amide bonds. The van der Waals surface area contributed by atoms with Crippen LogP contribution in [0.1, 0.15) is 33.6 Å². The molecule has 1 aliphatic rings. The van der Waals surface area contributed by atoms with E-state index in [0.717, 1.165) is 18.4 Å². The van der Waals surface area contributed by atoms with E-state index in [1.165, 1.54) is 0 Å². The molecule has 0 aromatic carbocycles. The summed E-state index contributed by atoms with van der Waals surface area (Å²) in [5, 5.41) is 2.73. The standard InChI is InChI=1S/C12H19NO2/c1-12(2,3)15-11(14)13-9-10-7-5-4-6-8-10/h5,7-8H,4,6,9H2,1-3H3,(H,13,14). The summed E-state index contributed by atoms with van der Waals surface area (Å²) in [6.07, 6.45) is 8.09. The molecule has 0 fully saturated rings. The number of carbonyl (C=O) groups is 1. The van der Waals surface area contributed by atoms with Crippen molar-refractivity contribution in [2.24, 2.45) is 0 Å². The molecule has 3 nitrogen and oxygen atoms in total. The van der Waals surface area contributed by atoms with E-state index in [-0.39, 0.29) is 6.09 Å². The Morgan fingerprint density at radius 2 is 2.20 bits per heavy atom. The number of nitrogens with one attached hydrogen (secondary N) is 1. The summed E-state index contributed by atoms with van der Waals surface area (Å²) in [5.74, 6) is 0.